The minimum Gasteiger partial charge on any atom is -0.389 e. The predicted octanol–water partition coefficient (Wildman–Crippen LogP) is -1.15. The van der Waals surface area contributed by atoms with Crippen LogP contribution in [-0.4, -0.2) is 69.7 Å². The van der Waals surface area contributed by atoms with Gasteiger partial charge in [0.05, 0.1) is 18.2 Å². The van der Waals surface area contributed by atoms with Crippen LogP contribution in [0.15, 0.2) is 30.5 Å². The van der Waals surface area contributed by atoms with Crippen LogP contribution in [0.5, 0.6) is 0 Å². The van der Waals surface area contributed by atoms with Gasteiger partial charge in [-0.05, 0) is 37.3 Å². The number of para-hydroxylation sites is 1. The van der Waals surface area contributed by atoms with E-state index >= 15 is 0 Å². The minimum atomic E-state index is -1.15. The molecule has 2 heterocycles. The zero-order valence-corrected chi connectivity index (χ0v) is 16.8. The van der Waals surface area contributed by atoms with Crippen LogP contribution in [0, 0.1) is 0 Å². The van der Waals surface area contributed by atoms with E-state index in [2.05, 4.69) is 10.3 Å². The van der Waals surface area contributed by atoms with Gasteiger partial charge in [-0.25, -0.2) is 0 Å². The Morgan fingerprint density at radius 2 is 2.10 bits per heavy atom. The van der Waals surface area contributed by atoms with Crippen LogP contribution < -0.4 is 22.5 Å². The molecule has 1 spiro atoms. The van der Waals surface area contributed by atoms with Crippen molar-refractivity contribution in [3.8, 4) is 0 Å². The van der Waals surface area contributed by atoms with Crippen LogP contribution in [0.1, 0.15) is 24.8 Å². The Balaban J connectivity index is 1.32. The molecule has 9 heteroatoms. The molecule has 1 saturated heterocycles. The molecule has 10 N–H and O–H groups in total. The van der Waals surface area contributed by atoms with E-state index in [1.165, 1.54) is 0 Å². The maximum atomic E-state index is 12.5. The summed E-state index contributed by atoms with van der Waals surface area (Å²) in [5, 5.41) is 24.6. The summed E-state index contributed by atoms with van der Waals surface area (Å²) in [6.45, 7) is 0.268. The number of carbonyl (C=O) groups is 1. The molecule has 7 atom stereocenters. The number of hydrogen-bond donors (Lipinski definition) is 7. The maximum Gasteiger partial charge on any atom is 0.237 e. The van der Waals surface area contributed by atoms with Crippen LogP contribution >= 0.6 is 0 Å². The molecule has 164 valence electrons. The SMILES string of the molecule is NC(Cc1c[nH]c2ccccc12)C(=O)NCC1CCC2(O1)C(N)CC(N)C(O)C2O. The molecule has 1 amide bonds. The lowest BCUT2D eigenvalue weighted by atomic mass is 9.73. The largest absolute Gasteiger partial charge is 0.389 e. The summed E-state index contributed by atoms with van der Waals surface area (Å²) >= 11 is 0. The van der Waals surface area contributed by atoms with Crippen molar-refractivity contribution in [2.45, 2.75) is 67.7 Å². The average molecular weight is 418 g/mol. The highest BCUT2D eigenvalue weighted by molar-refractivity contribution is 5.86. The molecular weight excluding hydrogens is 386 g/mol. The number of aliphatic hydroxyl groups excluding tert-OH is 2. The fraction of sp³-hybridized carbons (Fsp3) is 0.571. The monoisotopic (exact) mass is 417 g/mol. The fourth-order valence-corrected chi connectivity index (χ4v) is 4.80. The van der Waals surface area contributed by atoms with Crippen molar-refractivity contribution in [2.75, 3.05) is 6.54 Å². The van der Waals surface area contributed by atoms with E-state index in [0.29, 0.717) is 25.7 Å². The van der Waals surface area contributed by atoms with Crippen molar-refractivity contribution in [1.82, 2.24) is 10.3 Å². The number of carbonyl (C=O) groups excluding carboxylic acids is 1. The lowest BCUT2D eigenvalue weighted by molar-refractivity contribution is -0.185. The van der Waals surface area contributed by atoms with Gasteiger partial charge < -0.3 is 42.5 Å². The first kappa shape index (κ1) is 21.2. The van der Waals surface area contributed by atoms with Gasteiger partial charge in [0, 0.05) is 35.7 Å². The Morgan fingerprint density at radius 3 is 2.90 bits per heavy atom. The molecule has 1 aliphatic carbocycles. The standard InChI is InChI=1S/C21H31N5O4/c22-14-8-17(24)21(19(28)18(14)27)6-5-12(30-21)10-26-20(29)15(23)7-11-9-25-16-4-2-1-3-13(11)16/h1-4,9,12,14-15,17-19,25,27-28H,5-8,10,22-24H2,(H,26,29). The first-order valence-electron chi connectivity index (χ1n) is 10.4. The van der Waals surface area contributed by atoms with E-state index in [-0.39, 0.29) is 18.6 Å². The summed E-state index contributed by atoms with van der Waals surface area (Å²) in [4.78, 5) is 15.7. The number of aromatic nitrogens is 1. The van der Waals surface area contributed by atoms with Gasteiger partial charge in [0.25, 0.3) is 0 Å². The number of H-pyrrole nitrogens is 1. The normalized spacial score (nSPS) is 35.0. The summed E-state index contributed by atoms with van der Waals surface area (Å²) in [5.74, 6) is -0.264. The predicted molar refractivity (Wildman–Crippen MR) is 112 cm³/mol. The Kier molecular flexibility index (Phi) is 5.84. The number of amides is 1. The number of benzene rings is 1. The number of hydrogen-bond acceptors (Lipinski definition) is 7. The molecule has 0 radical (unpaired) electrons. The highest BCUT2D eigenvalue weighted by Gasteiger charge is 2.56. The second-order valence-corrected chi connectivity index (χ2v) is 8.59. The smallest absolute Gasteiger partial charge is 0.237 e. The Labute approximate surface area is 174 Å². The molecule has 7 unspecified atom stereocenters. The number of fused-ring (bicyclic) bond motifs is 1. The van der Waals surface area contributed by atoms with E-state index < -0.39 is 35.9 Å². The van der Waals surface area contributed by atoms with Crippen LogP contribution in [-0.2, 0) is 16.0 Å². The molecule has 1 saturated carbocycles. The van der Waals surface area contributed by atoms with Crippen molar-refractivity contribution in [2.24, 2.45) is 17.2 Å². The molecule has 2 fully saturated rings. The molecule has 2 aliphatic rings. The summed E-state index contributed by atoms with van der Waals surface area (Å²) < 4.78 is 6.08. The maximum absolute atomic E-state index is 12.5. The molecule has 1 aromatic carbocycles. The molecule has 2 aromatic rings. The summed E-state index contributed by atoms with van der Waals surface area (Å²) in [6, 6.07) is 6.13. The zero-order valence-electron chi connectivity index (χ0n) is 16.8. The number of rotatable bonds is 5. The van der Waals surface area contributed by atoms with Crippen molar-refractivity contribution in [1.29, 1.82) is 0 Å². The summed E-state index contributed by atoms with van der Waals surface area (Å²) in [7, 11) is 0. The minimum absolute atomic E-state index is 0.264. The first-order valence-corrected chi connectivity index (χ1v) is 10.4. The molecule has 1 aromatic heterocycles. The molecule has 0 bridgehead atoms. The zero-order chi connectivity index (χ0) is 21.5. The lowest BCUT2D eigenvalue weighted by Gasteiger charge is -2.47. The van der Waals surface area contributed by atoms with Crippen molar-refractivity contribution < 1.29 is 19.7 Å². The van der Waals surface area contributed by atoms with Crippen LogP contribution in [0.25, 0.3) is 10.9 Å². The van der Waals surface area contributed by atoms with Crippen molar-refractivity contribution in [3.63, 3.8) is 0 Å². The number of ether oxygens (including phenoxy) is 1. The third kappa shape index (κ3) is 3.73. The molecule has 9 nitrogen and oxygen atoms in total. The fourth-order valence-electron chi connectivity index (χ4n) is 4.80. The molecule has 30 heavy (non-hydrogen) atoms. The van der Waals surface area contributed by atoms with Gasteiger partial charge in [0.15, 0.2) is 0 Å². The topological polar surface area (TPSA) is 173 Å². The average Bonchev–Trinajstić information content (AvgIpc) is 3.35. The Hall–Kier alpha value is -2.01. The first-order chi connectivity index (χ1) is 14.3. The molecule has 4 rings (SSSR count). The van der Waals surface area contributed by atoms with Gasteiger partial charge in [0.2, 0.25) is 5.91 Å². The van der Waals surface area contributed by atoms with E-state index in [4.69, 9.17) is 21.9 Å². The van der Waals surface area contributed by atoms with Gasteiger partial charge in [-0.3, -0.25) is 4.79 Å². The number of aliphatic hydroxyl groups is 2. The quantitative estimate of drug-likeness (QED) is 0.322. The molecule has 1 aliphatic heterocycles. The van der Waals surface area contributed by atoms with Crippen molar-refractivity contribution in [3.05, 3.63) is 36.0 Å². The number of aromatic amines is 1. The van der Waals surface area contributed by atoms with Gasteiger partial charge in [-0.15, -0.1) is 0 Å². The second kappa shape index (κ2) is 8.26. The third-order valence-electron chi connectivity index (χ3n) is 6.62. The lowest BCUT2D eigenvalue weighted by Crippen LogP contribution is -2.68. The Bertz CT molecular complexity index is 904. The van der Waals surface area contributed by atoms with Gasteiger partial charge >= 0.3 is 0 Å². The van der Waals surface area contributed by atoms with Gasteiger partial charge in [-0.1, -0.05) is 18.2 Å². The highest BCUT2D eigenvalue weighted by Crippen LogP contribution is 2.41. The van der Waals surface area contributed by atoms with E-state index in [1.807, 2.05) is 30.5 Å². The van der Waals surface area contributed by atoms with Gasteiger partial charge in [-0.2, -0.15) is 0 Å². The second-order valence-electron chi connectivity index (χ2n) is 8.59. The Morgan fingerprint density at radius 1 is 1.33 bits per heavy atom. The van der Waals surface area contributed by atoms with Crippen molar-refractivity contribution >= 4 is 16.8 Å². The number of nitrogens with one attached hydrogen (secondary N) is 2. The van der Waals surface area contributed by atoms with Crippen LogP contribution in [0.3, 0.4) is 0 Å². The third-order valence-corrected chi connectivity index (χ3v) is 6.62. The van der Waals surface area contributed by atoms with E-state index in [0.717, 1.165) is 16.5 Å². The molecular formula is C21H31N5O4. The van der Waals surface area contributed by atoms with E-state index in [1.54, 1.807) is 0 Å². The summed E-state index contributed by atoms with van der Waals surface area (Å²) in [6.07, 6.45) is 1.24. The van der Waals surface area contributed by atoms with Gasteiger partial charge in [0.1, 0.15) is 11.7 Å². The summed E-state index contributed by atoms with van der Waals surface area (Å²) in [5.41, 5.74) is 19.2. The van der Waals surface area contributed by atoms with E-state index in [9.17, 15) is 15.0 Å². The highest BCUT2D eigenvalue weighted by atomic mass is 16.5. The van der Waals surface area contributed by atoms with Crippen LogP contribution in [0.4, 0.5) is 0 Å². The number of nitrogens with two attached hydrogens (primary N) is 3. The van der Waals surface area contributed by atoms with Crippen LogP contribution in [0.2, 0.25) is 0 Å².